The predicted molar refractivity (Wildman–Crippen MR) is 80.5 cm³/mol. The van der Waals surface area contributed by atoms with E-state index in [1.54, 1.807) is 12.4 Å². The minimum atomic E-state index is -0.366. The highest BCUT2D eigenvalue weighted by molar-refractivity contribution is 5.77. The number of nitrogens with zero attached hydrogens (tertiary/aromatic N) is 1. The molecular weight excluding hydrogens is 266 g/mol. The third-order valence-corrected chi connectivity index (χ3v) is 3.20. The fourth-order valence-electron chi connectivity index (χ4n) is 2.03. The van der Waals surface area contributed by atoms with E-state index in [2.05, 4.69) is 4.98 Å². The van der Waals surface area contributed by atoms with E-state index in [-0.39, 0.29) is 18.4 Å². The molecule has 0 aliphatic heterocycles. The van der Waals surface area contributed by atoms with Crippen LogP contribution >= 0.6 is 0 Å². The van der Waals surface area contributed by atoms with E-state index in [9.17, 15) is 4.79 Å². The number of hydrogen-bond donors (Lipinski definition) is 2. The first-order chi connectivity index (χ1) is 10.2. The number of ether oxygens (including phenoxy) is 1. The van der Waals surface area contributed by atoms with Crippen LogP contribution in [0.25, 0.3) is 0 Å². The smallest absolute Gasteiger partial charge is 0.222 e. The molecule has 1 aromatic heterocycles. The van der Waals surface area contributed by atoms with Gasteiger partial charge in [0.25, 0.3) is 0 Å². The molecule has 2 aromatic rings. The van der Waals surface area contributed by atoms with Gasteiger partial charge in [0.15, 0.2) is 0 Å². The van der Waals surface area contributed by atoms with Gasteiger partial charge in [-0.3, -0.25) is 9.78 Å². The Labute approximate surface area is 123 Å². The van der Waals surface area contributed by atoms with Gasteiger partial charge in [0.05, 0.1) is 12.1 Å². The second-order valence-corrected chi connectivity index (χ2v) is 4.84. The van der Waals surface area contributed by atoms with E-state index in [0.717, 1.165) is 16.9 Å². The Morgan fingerprint density at radius 3 is 2.71 bits per heavy atom. The third kappa shape index (κ3) is 4.57. The van der Waals surface area contributed by atoms with Crippen LogP contribution in [0.5, 0.6) is 5.75 Å². The van der Waals surface area contributed by atoms with Crippen LogP contribution in [0.3, 0.4) is 0 Å². The van der Waals surface area contributed by atoms with Gasteiger partial charge in [-0.1, -0.05) is 24.3 Å². The lowest BCUT2D eigenvalue weighted by atomic mass is 9.97. The average Bonchev–Trinajstić information content (AvgIpc) is 2.52. The quantitative estimate of drug-likeness (QED) is 0.801. The fraction of sp³-hybridized carbons (Fsp3) is 0.250. The van der Waals surface area contributed by atoms with Gasteiger partial charge in [-0.15, -0.1) is 0 Å². The Morgan fingerprint density at radius 2 is 2.05 bits per heavy atom. The first kappa shape index (κ1) is 15.0. The summed E-state index contributed by atoms with van der Waals surface area (Å²) in [6.07, 6.45) is 3.91. The Kier molecular flexibility index (Phi) is 5.29. The summed E-state index contributed by atoms with van der Waals surface area (Å²) in [7, 11) is 0. The van der Waals surface area contributed by atoms with E-state index >= 15 is 0 Å². The zero-order chi connectivity index (χ0) is 15.1. The van der Waals surface area contributed by atoms with Crippen molar-refractivity contribution in [3.05, 3.63) is 59.9 Å². The number of carbonyl (C=O) groups excluding carboxylic acids is 1. The van der Waals surface area contributed by atoms with Gasteiger partial charge in [0.1, 0.15) is 12.4 Å². The van der Waals surface area contributed by atoms with E-state index < -0.39 is 0 Å². The molecule has 0 aliphatic carbocycles. The maximum absolute atomic E-state index is 11.2. The molecule has 1 amide bonds. The van der Waals surface area contributed by atoms with Crippen LogP contribution in [0.4, 0.5) is 0 Å². The fourth-order valence-corrected chi connectivity index (χ4v) is 2.03. The molecule has 0 aliphatic rings. The molecule has 110 valence electrons. The summed E-state index contributed by atoms with van der Waals surface area (Å²) < 4.78 is 5.65. The average molecular weight is 285 g/mol. The van der Waals surface area contributed by atoms with E-state index in [1.807, 2.05) is 36.4 Å². The Balaban J connectivity index is 1.99. The first-order valence-electron chi connectivity index (χ1n) is 6.79. The molecule has 4 N–H and O–H groups in total. The Hall–Kier alpha value is -2.40. The minimum Gasteiger partial charge on any atom is -0.487 e. The SMILES string of the molecule is NC[C@H](Cc1cccc(COc2cccnc2)c1)C(N)=O. The maximum Gasteiger partial charge on any atom is 0.222 e. The van der Waals surface area contributed by atoms with Crippen LogP contribution < -0.4 is 16.2 Å². The molecule has 0 spiro atoms. The summed E-state index contributed by atoms with van der Waals surface area (Å²) in [5, 5.41) is 0. The van der Waals surface area contributed by atoms with Crippen molar-refractivity contribution >= 4 is 5.91 Å². The number of rotatable bonds is 7. The minimum absolute atomic E-state index is 0.256. The van der Waals surface area contributed by atoms with Crippen LogP contribution in [0.15, 0.2) is 48.8 Å². The van der Waals surface area contributed by atoms with Gasteiger partial charge >= 0.3 is 0 Å². The zero-order valence-corrected chi connectivity index (χ0v) is 11.7. The molecule has 5 heteroatoms. The maximum atomic E-state index is 11.2. The molecular formula is C16H19N3O2. The molecule has 1 heterocycles. The van der Waals surface area contributed by atoms with Gasteiger partial charge in [0, 0.05) is 12.7 Å². The Bertz CT molecular complexity index is 587. The second kappa shape index (κ2) is 7.40. The van der Waals surface area contributed by atoms with Crippen molar-refractivity contribution < 1.29 is 9.53 Å². The summed E-state index contributed by atoms with van der Waals surface area (Å²) in [6.45, 7) is 0.704. The van der Waals surface area contributed by atoms with Crippen molar-refractivity contribution in [1.29, 1.82) is 0 Å². The lowest BCUT2D eigenvalue weighted by Gasteiger charge is -2.12. The molecule has 0 unspecified atom stereocenters. The normalized spacial score (nSPS) is 11.9. The monoisotopic (exact) mass is 285 g/mol. The summed E-state index contributed by atoms with van der Waals surface area (Å²) in [6, 6.07) is 11.5. The lowest BCUT2D eigenvalue weighted by molar-refractivity contribution is -0.121. The highest BCUT2D eigenvalue weighted by atomic mass is 16.5. The summed E-state index contributed by atoms with van der Waals surface area (Å²) in [4.78, 5) is 15.2. The second-order valence-electron chi connectivity index (χ2n) is 4.84. The van der Waals surface area contributed by atoms with Gasteiger partial charge in [-0.2, -0.15) is 0 Å². The number of aromatic nitrogens is 1. The first-order valence-corrected chi connectivity index (χ1v) is 6.79. The Morgan fingerprint density at radius 1 is 1.24 bits per heavy atom. The predicted octanol–water partition coefficient (Wildman–Crippen LogP) is 1.26. The molecule has 1 aromatic carbocycles. The molecule has 0 fully saturated rings. The van der Waals surface area contributed by atoms with Crippen molar-refractivity contribution in [3.8, 4) is 5.75 Å². The van der Waals surface area contributed by atoms with E-state index in [1.165, 1.54) is 0 Å². The van der Waals surface area contributed by atoms with Crippen LogP contribution in [-0.4, -0.2) is 17.4 Å². The summed E-state index contributed by atoms with van der Waals surface area (Å²) in [5.41, 5.74) is 12.9. The molecule has 0 bridgehead atoms. The van der Waals surface area contributed by atoms with Crippen molar-refractivity contribution in [1.82, 2.24) is 4.98 Å². The number of benzene rings is 1. The largest absolute Gasteiger partial charge is 0.487 e. The number of primary amides is 1. The van der Waals surface area contributed by atoms with Crippen molar-refractivity contribution in [3.63, 3.8) is 0 Å². The number of carbonyl (C=O) groups is 1. The molecule has 0 saturated heterocycles. The van der Waals surface area contributed by atoms with Crippen molar-refractivity contribution in [2.75, 3.05) is 6.54 Å². The number of nitrogens with two attached hydrogens (primary N) is 2. The number of amides is 1. The molecule has 0 radical (unpaired) electrons. The van der Waals surface area contributed by atoms with Crippen LogP contribution in [0.2, 0.25) is 0 Å². The van der Waals surface area contributed by atoms with Gasteiger partial charge in [-0.25, -0.2) is 0 Å². The number of pyridine rings is 1. The number of hydrogen-bond acceptors (Lipinski definition) is 4. The van der Waals surface area contributed by atoms with Crippen LogP contribution in [-0.2, 0) is 17.8 Å². The topological polar surface area (TPSA) is 91.2 Å². The standard InChI is InChI=1S/C16H19N3O2/c17-9-14(16(18)20)8-12-3-1-4-13(7-12)11-21-15-5-2-6-19-10-15/h1-7,10,14H,8-9,11,17H2,(H2,18,20)/t14-/m0/s1. The molecule has 5 nitrogen and oxygen atoms in total. The van der Waals surface area contributed by atoms with Crippen LogP contribution in [0, 0.1) is 5.92 Å². The molecule has 21 heavy (non-hydrogen) atoms. The highest BCUT2D eigenvalue weighted by Crippen LogP contribution is 2.14. The zero-order valence-electron chi connectivity index (χ0n) is 11.7. The van der Waals surface area contributed by atoms with Crippen molar-refractivity contribution in [2.24, 2.45) is 17.4 Å². The molecule has 1 atom stereocenters. The third-order valence-electron chi connectivity index (χ3n) is 3.20. The van der Waals surface area contributed by atoms with E-state index in [0.29, 0.717) is 13.0 Å². The van der Waals surface area contributed by atoms with Crippen LogP contribution in [0.1, 0.15) is 11.1 Å². The molecule has 2 rings (SSSR count). The summed E-state index contributed by atoms with van der Waals surface area (Å²) >= 11 is 0. The van der Waals surface area contributed by atoms with Gasteiger partial charge in [0.2, 0.25) is 5.91 Å². The summed E-state index contributed by atoms with van der Waals surface area (Å²) in [5.74, 6) is 0.0221. The lowest BCUT2D eigenvalue weighted by Crippen LogP contribution is -2.31. The van der Waals surface area contributed by atoms with Crippen molar-refractivity contribution in [2.45, 2.75) is 13.0 Å². The van der Waals surface area contributed by atoms with Gasteiger partial charge in [-0.05, 0) is 29.7 Å². The highest BCUT2D eigenvalue weighted by Gasteiger charge is 2.14. The van der Waals surface area contributed by atoms with Gasteiger partial charge < -0.3 is 16.2 Å². The van der Waals surface area contributed by atoms with E-state index in [4.69, 9.17) is 16.2 Å². The molecule has 0 saturated carbocycles.